The molecular weight excluding hydrogens is 442 g/mol. The zero-order valence-electron chi connectivity index (χ0n) is 14.7. The number of benzene rings is 1. The van der Waals surface area contributed by atoms with E-state index >= 15 is 0 Å². The van der Waals surface area contributed by atoms with E-state index in [2.05, 4.69) is 31.3 Å². The standard InChI is InChI=1S/C16H24BrN3O4S2/c1-3-26(23,24)20-14(9-11-25-2)16(22)18-10-8-15(21)19-13-6-4-12(17)5-7-13/h4-7,14,20H,3,8-11H2,1-2H3,(H,18,22)(H,19,21). The predicted molar refractivity (Wildman–Crippen MR) is 110 cm³/mol. The third-order valence-electron chi connectivity index (χ3n) is 3.41. The lowest BCUT2D eigenvalue weighted by Crippen LogP contribution is -2.47. The average Bonchev–Trinajstić information content (AvgIpc) is 2.60. The number of carbonyl (C=O) groups excluding carboxylic acids is 2. The van der Waals surface area contributed by atoms with Crippen molar-refractivity contribution in [1.82, 2.24) is 10.0 Å². The van der Waals surface area contributed by atoms with Gasteiger partial charge in [-0.3, -0.25) is 9.59 Å². The number of hydrogen-bond acceptors (Lipinski definition) is 5. The van der Waals surface area contributed by atoms with E-state index < -0.39 is 22.0 Å². The van der Waals surface area contributed by atoms with Crippen LogP contribution in [-0.2, 0) is 19.6 Å². The van der Waals surface area contributed by atoms with Crippen LogP contribution in [0.1, 0.15) is 19.8 Å². The second-order valence-corrected chi connectivity index (χ2v) is 9.40. The molecule has 0 aliphatic rings. The van der Waals surface area contributed by atoms with Gasteiger partial charge in [-0.25, -0.2) is 13.1 Å². The van der Waals surface area contributed by atoms with Crippen LogP contribution in [0.5, 0.6) is 0 Å². The maximum Gasteiger partial charge on any atom is 0.238 e. The van der Waals surface area contributed by atoms with Gasteiger partial charge in [0.1, 0.15) is 6.04 Å². The van der Waals surface area contributed by atoms with Crippen molar-refractivity contribution in [1.29, 1.82) is 0 Å². The first kappa shape index (κ1) is 22.9. The molecule has 2 amide bonds. The lowest BCUT2D eigenvalue weighted by atomic mass is 10.2. The summed E-state index contributed by atoms with van der Waals surface area (Å²) in [5.41, 5.74) is 0.665. The van der Waals surface area contributed by atoms with Gasteiger partial charge in [-0.1, -0.05) is 15.9 Å². The number of thioether (sulfide) groups is 1. The van der Waals surface area contributed by atoms with E-state index in [0.717, 1.165) is 4.47 Å². The topological polar surface area (TPSA) is 104 Å². The van der Waals surface area contributed by atoms with Gasteiger partial charge in [-0.15, -0.1) is 0 Å². The zero-order valence-corrected chi connectivity index (χ0v) is 18.0. The Morgan fingerprint density at radius 3 is 2.46 bits per heavy atom. The molecule has 0 saturated carbocycles. The minimum absolute atomic E-state index is 0.0916. The molecule has 26 heavy (non-hydrogen) atoms. The molecule has 0 aromatic heterocycles. The highest BCUT2D eigenvalue weighted by atomic mass is 79.9. The van der Waals surface area contributed by atoms with Gasteiger partial charge in [0, 0.05) is 23.1 Å². The number of rotatable bonds is 11. The Hall–Kier alpha value is -1.10. The quantitative estimate of drug-likeness (QED) is 0.463. The van der Waals surface area contributed by atoms with Gasteiger partial charge in [-0.2, -0.15) is 11.8 Å². The van der Waals surface area contributed by atoms with E-state index in [1.54, 1.807) is 12.1 Å². The Bertz CT molecular complexity index is 696. The Morgan fingerprint density at radius 2 is 1.88 bits per heavy atom. The SMILES string of the molecule is CCS(=O)(=O)NC(CCSC)C(=O)NCCC(=O)Nc1ccc(Br)cc1. The predicted octanol–water partition coefficient (Wildman–Crippen LogP) is 1.95. The van der Waals surface area contributed by atoms with Gasteiger partial charge in [0.2, 0.25) is 21.8 Å². The number of sulfonamides is 1. The first-order valence-corrected chi connectivity index (χ1v) is 11.9. The third-order valence-corrected chi connectivity index (χ3v) is 5.98. The fraction of sp³-hybridized carbons (Fsp3) is 0.500. The lowest BCUT2D eigenvalue weighted by Gasteiger charge is -2.17. The van der Waals surface area contributed by atoms with Gasteiger partial charge in [0.25, 0.3) is 0 Å². The zero-order chi connectivity index (χ0) is 19.6. The van der Waals surface area contributed by atoms with Crippen molar-refractivity contribution in [2.75, 3.05) is 29.6 Å². The van der Waals surface area contributed by atoms with Crippen LogP contribution in [0.4, 0.5) is 5.69 Å². The van der Waals surface area contributed by atoms with E-state index in [9.17, 15) is 18.0 Å². The smallest absolute Gasteiger partial charge is 0.238 e. The van der Waals surface area contributed by atoms with Crippen LogP contribution >= 0.6 is 27.7 Å². The number of carbonyl (C=O) groups is 2. The lowest BCUT2D eigenvalue weighted by molar-refractivity contribution is -0.122. The van der Waals surface area contributed by atoms with Gasteiger partial charge >= 0.3 is 0 Å². The largest absolute Gasteiger partial charge is 0.354 e. The second-order valence-electron chi connectivity index (χ2n) is 5.45. The Balaban J connectivity index is 2.47. The second kappa shape index (κ2) is 11.6. The molecule has 1 unspecified atom stereocenters. The van der Waals surface area contributed by atoms with E-state index in [-0.39, 0.29) is 24.6 Å². The molecule has 0 saturated heterocycles. The highest BCUT2D eigenvalue weighted by Crippen LogP contribution is 2.14. The summed E-state index contributed by atoms with van der Waals surface area (Å²) in [5, 5.41) is 5.35. The third kappa shape index (κ3) is 9.02. The molecule has 7 nitrogen and oxygen atoms in total. The number of amides is 2. The van der Waals surface area contributed by atoms with E-state index in [4.69, 9.17) is 0 Å². The van der Waals surface area contributed by atoms with Gasteiger partial charge in [-0.05, 0) is 49.6 Å². The fourth-order valence-electron chi connectivity index (χ4n) is 1.96. The minimum atomic E-state index is -3.48. The van der Waals surface area contributed by atoms with Crippen molar-refractivity contribution in [2.24, 2.45) is 0 Å². The number of anilines is 1. The molecule has 10 heteroatoms. The molecule has 146 valence electrons. The van der Waals surface area contributed by atoms with Crippen LogP contribution in [0.3, 0.4) is 0 Å². The van der Waals surface area contributed by atoms with Crippen molar-refractivity contribution >= 4 is 55.2 Å². The van der Waals surface area contributed by atoms with Gasteiger partial charge in [0.15, 0.2) is 0 Å². The van der Waals surface area contributed by atoms with Gasteiger partial charge < -0.3 is 10.6 Å². The number of nitrogens with one attached hydrogen (secondary N) is 3. The first-order chi connectivity index (χ1) is 12.3. The Morgan fingerprint density at radius 1 is 1.23 bits per heavy atom. The summed E-state index contributed by atoms with van der Waals surface area (Å²) in [6.45, 7) is 1.64. The van der Waals surface area contributed by atoms with Crippen molar-refractivity contribution < 1.29 is 18.0 Å². The monoisotopic (exact) mass is 465 g/mol. The summed E-state index contributed by atoms with van der Waals surface area (Å²) in [7, 11) is -3.48. The van der Waals surface area contributed by atoms with Crippen LogP contribution in [0.25, 0.3) is 0 Å². The van der Waals surface area contributed by atoms with Gasteiger partial charge in [0.05, 0.1) is 5.75 Å². The molecule has 0 radical (unpaired) electrons. The maximum atomic E-state index is 12.2. The summed E-state index contributed by atoms with van der Waals surface area (Å²) in [6, 6.07) is 6.32. The molecule has 1 rings (SSSR count). The number of hydrogen-bond donors (Lipinski definition) is 3. The van der Waals surface area contributed by atoms with Crippen molar-refractivity contribution in [3.8, 4) is 0 Å². The number of halogens is 1. The average molecular weight is 466 g/mol. The van der Waals surface area contributed by atoms with E-state index in [1.165, 1.54) is 18.7 Å². The molecule has 0 bridgehead atoms. The summed E-state index contributed by atoms with van der Waals surface area (Å²) in [5.74, 6) is -0.102. The van der Waals surface area contributed by atoms with Crippen molar-refractivity contribution in [2.45, 2.75) is 25.8 Å². The fourth-order valence-corrected chi connectivity index (χ4v) is 3.52. The molecular formula is C16H24BrN3O4S2. The normalized spacial score (nSPS) is 12.4. The van der Waals surface area contributed by atoms with Crippen LogP contribution in [0.2, 0.25) is 0 Å². The Labute approximate surface area is 167 Å². The van der Waals surface area contributed by atoms with E-state index in [0.29, 0.717) is 17.9 Å². The summed E-state index contributed by atoms with van der Waals surface area (Å²) in [6.07, 6.45) is 2.37. The summed E-state index contributed by atoms with van der Waals surface area (Å²) >= 11 is 4.85. The molecule has 1 atom stereocenters. The van der Waals surface area contributed by atoms with Crippen LogP contribution in [0, 0.1) is 0 Å². The Kier molecular flexibility index (Phi) is 10.2. The molecule has 0 spiro atoms. The highest BCUT2D eigenvalue weighted by molar-refractivity contribution is 9.10. The maximum absolute atomic E-state index is 12.2. The molecule has 1 aromatic rings. The van der Waals surface area contributed by atoms with Crippen LogP contribution in [0.15, 0.2) is 28.7 Å². The van der Waals surface area contributed by atoms with Crippen LogP contribution in [-0.4, -0.2) is 50.6 Å². The molecule has 0 heterocycles. The molecule has 0 aliphatic heterocycles. The van der Waals surface area contributed by atoms with Crippen molar-refractivity contribution in [3.63, 3.8) is 0 Å². The minimum Gasteiger partial charge on any atom is -0.354 e. The molecule has 0 aliphatic carbocycles. The van der Waals surface area contributed by atoms with E-state index in [1.807, 2.05) is 18.4 Å². The molecule has 0 fully saturated rings. The molecule has 3 N–H and O–H groups in total. The highest BCUT2D eigenvalue weighted by Gasteiger charge is 2.22. The summed E-state index contributed by atoms with van der Waals surface area (Å²) in [4.78, 5) is 24.1. The molecule has 1 aromatic carbocycles. The van der Waals surface area contributed by atoms with Crippen LogP contribution < -0.4 is 15.4 Å². The summed E-state index contributed by atoms with van der Waals surface area (Å²) < 4.78 is 26.8. The van der Waals surface area contributed by atoms with Crippen molar-refractivity contribution in [3.05, 3.63) is 28.7 Å². The first-order valence-electron chi connectivity index (χ1n) is 8.09.